The molecule has 2 fully saturated rings. The van der Waals surface area contributed by atoms with Crippen LogP contribution in [0.2, 0.25) is 0 Å². The van der Waals surface area contributed by atoms with Gasteiger partial charge in [-0.05, 0) is 24.3 Å². The molecule has 48 heavy (non-hydrogen) atoms. The predicted molar refractivity (Wildman–Crippen MR) is 162 cm³/mol. The van der Waals surface area contributed by atoms with E-state index in [1.807, 2.05) is 0 Å². The van der Waals surface area contributed by atoms with Crippen molar-refractivity contribution in [1.82, 2.24) is 29.4 Å². The fraction of sp³-hybridized carbons (Fsp3) is 0.267. The highest BCUT2D eigenvalue weighted by Crippen LogP contribution is 2.22. The zero-order valence-electron chi connectivity index (χ0n) is 25.4. The second-order valence-electron chi connectivity index (χ2n) is 10.7. The van der Waals surface area contributed by atoms with Gasteiger partial charge in [0.25, 0.3) is 11.1 Å². The maximum absolute atomic E-state index is 13.1. The molecule has 2 saturated heterocycles. The molecular weight excluding hydrogens is 644 g/mol. The zero-order chi connectivity index (χ0) is 34.5. The van der Waals surface area contributed by atoms with Crippen LogP contribution in [0.5, 0.6) is 11.5 Å². The predicted octanol–water partition coefficient (Wildman–Crippen LogP) is 2.71. The van der Waals surface area contributed by atoms with Crippen LogP contribution in [-0.4, -0.2) is 79.8 Å². The summed E-state index contributed by atoms with van der Waals surface area (Å²) in [6.07, 6.45) is -0.640. The monoisotopic (exact) mass is 672 g/mol. The minimum Gasteiger partial charge on any atom is -0.487 e. The van der Waals surface area contributed by atoms with Gasteiger partial charge in [-0.1, -0.05) is 0 Å². The molecule has 0 unspecified atom stereocenters. The lowest BCUT2D eigenvalue weighted by molar-refractivity contribution is 0.0488. The maximum Gasteiger partial charge on any atom is 0.323 e. The van der Waals surface area contributed by atoms with Crippen LogP contribution in [0.3, 0.4) is 0 Å². The van der Waals surface area contributed by atoms with E-state index in [0.29, 0.717) is 13.1 Å². The number of aromatic nitrogens is 4. The summed E-state index contributed by atoms with van der Waals surface area (Å²) in [5, 5.41) is 12.9. The van der Waals surface area contributed by atoms with Crippen molar-refractivity contribution in [2.45, 2.75) is 12.2 Å². The molecule has 2 aliphatic rings. The Hall–Kier alpha value is -5.94. The molecule has 0 atom stereocenters. The van der Waals surface area contributed by atoms with Crippen LogP contribution in [0.4, 0.5) is 38.8 Å². The van der Waals surface area contributed by atoms with Crippen LogP contribution in [0.1, 0.15) is 0 Å². The SMILES string of the molecule is Cn1nc(NC(=O)N2CC(Oc3cc(F)cc(F)c3)C2)ccc1=O.Cn1nc(NC(=O)N2CC(Oc3ccc(F)c(F)c3)C2)ccc1=O. The van der Waals surface area contributed by atoms with Gasteiger partial charge in [0.1, 0.15) is 35.3 Å². The van der Waals surface area contributed by atoms with Crippen molar-refractivity contribution in [3.05, 3.63) is 105 Å². The Bertz CT molecular complexity index is 1930. The van der Waals surface area contributed by atoms with Crippen LogP contribution >= 0.6 is 0 Å². The van der Waals surface area contributed by atoms with Crippen LogP contribution in [0, 0.1) is 23.3 Å². The number of carbonyl (C=O) groups is 2. The normalized spacial score (nSPS) is 14.2. The van der Waals surface area contributed by atoms with Crippen LogP contribution in [0.25, 0.3) is 0 Å². The minimum atomic E-state index is -0.984. The summed E-state index contributed by atoms with van der Waals surface area (Å²) >= 11 is 0. The number of urea groups is 2. The molecule has 0 spiro atoms. The van der Waals surface area contributed by atoms with Gasteiger partial charge in [-0.3, -0.25) is 20.2 Å². The molecule has 2 aromatic carbocycles. The van der Waals surface area contributed by atoms with E-state index in [1.54, 1.807) is 0 Å². The van der Waals surface area contributed by atoms with Gasteiger partial charge < -0.3 is 19.3 Å². The Kier molecular flexibility index (Phi) is 9.91. The van der Waals surface area contributed by atoms with E-state index in [4.69, 9.17) is 9.47 Å². The van der Waals surface area contributed by atoms with E-state index >= 15 is 0 Å². The third-order valence-electron chi connectivity index (χ3n) is 6.99. The molecule has 14 nitrogen and oxygen atoms in total. The number of halogens is 4. The summed E-state index contributed by atoms with van der Waals surface area (Å²) in [7, 11) is 2.96. The number of benzene rings is 2. The number of ether oxygens (including phenoxy) is 2. The van der Waals surface area contributed by atoms with E-state index in [0.717, 1.165) is 39.7 Å². The van der Waals surface area contributed by atoms with E-state index in [-0.39, 0.29) is 65.6 Å². The minimum absolute atomic E-state index is 0.0808. The number of nitrogens with zero attached hydrogens (tertiary/aromatic N) is 6. The molecule has 4 aromatic rings. The average Bonchev–Trinajstić information content (AvgIpc) is 2.97. The molecule has 0 radical (unpaired) electrons. The molecule has 0 bridgehead atoms. The molecule has 6 rings (SSSR count). The number of rotatable bonds is 6. The molecule has 4 heterocycles. The Morgan fingerprint density at radius 1 is 0.646 bits per heavy atom. The Balaban J connectivity index is 0.000000188. The van der Waals surface area contributed by atoms with Gasteiger partial charge in [-0.2, -0.15) is 10.2 Å². The summed E-state index contributed by atoms with van der Waals surface area (Å²) in [6, 6.07) is 10.8. The molecule has 0 saturated carbocycles. The molecule has 252 valence electrons. The first-order valence-electron chi connectivity index (χ1n) is 14.3. The van der Waals surface area contributed by atoms with Crippen molar-refractivity contribution in [3.63, 3.8) is 0 Å². The zero-order valence-corrected chi connectivity index (χ0v) is 25.4. The molecule has 4 amide bonds. The van der Waals surface area contributed by atoms with Crippen molar-refractivity contribution >= 4 is 23.7 Å². The second kappa shape index (κ2) is 14.2. The molecule has 0 aliphatic carbocycles. The number of nitrogens with one attached hydrogen (secondary N) is 2. The standard InChI is InChI=1S/2C15H14F2N4O3/c1-20-14(22)3-2-13(19-20)18-15(23)21-7-12(8-21)24-11-5-9(16)4-10(17)6-11;1-20-14(22)5-4-13(19-20)18-15(23)21-7-10(8-21)24-9-2-3-11(16)12(17)6-9/h2-6,12H,7-8H2,1H3,(H,18,19,23);2-6,10H,7-8H2,1H3,(H,18,19,23). The topological polar surface area (TPSA) is 153 Å². The van der Waals surface area contributed by atoms with Gasteiger partial charge in [0, 0.05) is 50.5 Å². The first-order chi connectivity index (χ1) is 22.8. The largest absolute Gasteiger partial charge is 0.487 e. The van der Waals surface area contributed by atoms with Crippen molar-refractivity contribution < 1.29 is 36.6 Å². The van der Waals surface area contributed by atoms with E-state index < -0.39 is 29.3 Å². The van der Waals surface area contributed by atoms with E-state index in [1.165, 1.54) is 54.2 Å². The fourth-order valence-corrected chi connectivity index (χ4v) is 4.40. The van der Waals surface area contributed by atoms with Gasteiger partial charge >= 0.3 is 12.1 Å². The van der Waals surface area contributed by atoms with Crippen molar-refractivity contribution in [3.8, 4) is 11.5 Å². The van der Waals surface area contributed by atoms with Gasteiger partial charge in [-0.25, -0.2) is 36.5 Å². The van der Waals surface area contributed by atoms with Gasteiger partial charge in [0.15, 0.2) is 23.3 Å². The first kappa shape index (κ1) is 33.4. The Labute approximate surface area is 269 Å². The quantitative estimate of drug-likeness (QED) is 0.297. The third kappa shape index (κ3) is 8.45. The van der Waals surface area contributed by atoms with Crippen LogP contribution < -0.4 is 31.2 Å². The van der Waals surface area contributed by atoms with Crippen LogP contribution in [-0.2, 0) is 14.1 Å². The highest BCUT2D eigenvalue weighted by atomic mass is 19.2. The molecule has 18 heteroatoms. The van der Waals surface area contributed by atoms with Crippen molar-refractivity contribution in [2.75, 3.05) is 36.8 Å². The second-order valence-corrected chi connectivity index (χ2v) is 10.7. The lowest BCUT2D eigenvalue weighted by Crippen LogP contribution is -2.57. The highest BCUT2D eigenvalue weighted by molar-refractivity contribution is 5.89. The number of anilines is 2. The van der Waals surface area contributed by atoms with Gasteiger partial charge in [0.05, 0.1) is 26.2 Å². The smallest absolute Gasteiger partial charge is 0.323 e. The number of carbonyl (C=O) groups excluding carboxylic acids is 2. The number of amides is 4. The molecule has 2 aliphatic heterocycles. The molecule has 2 aromatic heterocycles. The average molecular weight is 673 g/mol. The number of aryl methyl sites for hydroxylation is 2. The Morgan fingerprint density at radius 2 is 1.10 bits per heavy atom. The van der Waals surface area contributed by atoms with Crippen LogP contribution in [0.15, 0.2) is 70.3 Å². The van der Waals surface area contributed by atoms with Gasteiger partial charge in [-0.15, -0.1) is 0 Å². The number of likely N-dealkylation sites (tertiary alicyclic amines) is 2. The Morgan fingerprint density at radius 3 is 1.54 bits per heavy atom. The summed E-state index contributed by atoms with van der Waals surface area (Å²) in [5.41, 5.74) is -0.565. The summed E-state index contributed by atoms with van der Waals surface area (Å²) in [5.74, 6) is -2.58. The maximum atomic E-state index is 13.1. The number of hydrogen-bond acceptors (Lipinski definition) is 8. The highest BCUT2D eigenvalue weighted by Gasteiger charge is 2.34. The summed E-state index contributed by atoms with van der Waals surface area (Å²) in [6.45, 7) is 1.15. The lowest BCUT2D eigenvalue weighted by Gasteiger charge is -2.38. The van der Waals surface area contributed by atoms with Crippen molar-refractivity contribution in [2.24, 2.45) is 14.1 Å². The third-order valence-corrected chi connectivity index (χ3v) is 6.99. The molecular formula is C30H28F4N8O6. The van der Waals surface area contributed by atoms with E-state index in [9.17, 15) is 36.7 Å². The lowest BCUT2D eigenvalue weighted by atomic mass is 10.2. The summed E-state index contributed by atoms with van der Waals surface area (Å²) in [4.78, 5) is 49.4. The fourth-order valence-electron chi connectivity index (χ4n) is 4.40. The first-order valence-corrected chi connectivity index (χ1v) is 14.3. The summed E-state index contributed by atoms with van der Waals surface area (Å²) < 4.78 is 65.2. The molecule has 2 N–H and O–H groups in total. The van der Waals surface area contributed by atoms with Crippen molar-refractivity contribution in [1.29, 1.82) is 0 Å². The van der Waals surface area contributed by atoms with E-state index in [2.05, 4.69) is 20.8 Å². The van der Waals surface area contributed by atoms with Gasteiger partial charge in [0.2, 0.25) is 0 Å². The number of hydrogen-bond donors (Lipinski definition) is 2.